The molecule has 5 heterocycles. The second-order valence-electron chi connectivity index (χ2n) is 7.45. The van der Waals surface area contributed by atoms with Crippen molar-refractivity contribution in [3.63, 3.8) is 0 Å². The second kappa shape index (κ2) is 8.29. The zero-order valence-corrected chi connectivity index (χ0v) is 17.1. The lowest BCUT2D eigenvalue weighted by atomic mass is 10.0. The molecule has 152 valence electrons. The summed E-state index contributed by atoms with van der Waals surface area (Å²) in [6.45, 7) is 0. The summed E-state index contributed by atoms with van der Waals surface area (Å²) in [5.41, 5.74) is 8.98. The average Bonchev–Trinajstić information content (AvgIpc) is 3.54. The molecular weight excluding hydrogens is 431 g/mol. The van der Waals surface area contributed by atoms with E-state index in [0.29, 0.717) is 5.02 Å². The predicted octanol–water partition coefficient (Wildman–Crippen LogP) is 4.58. The molecule has 1 aromatic rings. The van der Waals surface area contributed by atoms with Crippen molar-refractivity contribution in [2.45, 2.75) is 0 Å². The van der Waals surface area contributed by atoms with Gasteiger partial charge >= 0.3 is 0 Å². The Morgan fingerprint density at radius 1 is 0.500 bits per heavy atom. The highest BCUT2D eigenvalue weighted by atomic mass is 35.5. The van der Waals surface area contributed by atoms with E-state index in [2.05, 4.69) is 11.1 Å². The van der Waals surface area contributed by atoms with E-state index in [1.165, 1.54) is 0 Å². The lowest BCUT2D eigenvalue weighted by molar-refractivity contribution is 1.41. The van der Waals surface area contributed by atoms with E-state index in [4.69, 9.17) is 26.6 Å². The number of nitrogens with zero attached hydrogens (tertiary/aromatic N) is 4. The van der Waals surface area contributed by atoms with Crippen LogP contribution in [0.2, 0.25) is 5.02 Å². The van der Waals surface area contributed by atoms with Gasteiger partial charge in [-0.2, -0.15) is 0 Å². The molecule has 0 saturated carbocycles. The third-order valence-electron chi connectivity index (χ3n) is 5.19. The van der Waals surface area contributed by atoms with E-state index in [1.807, 2.05) is 85.0 Å². The first-order valence-electron chi connectivity index (χ1n) is 9.92. The molecule has 0 amide bonds. The van der Waals surface area contributed by atoms with Crippen LogP contribution in [0.5, 0.6) is 0 Å². The molecule has 0 aliphatic carbocycles. The van der Waals surface area contributed by atoms with Crippen molar-refractivity contribution in [3.05, 3.63) is 124 Å². The van der Waals surface area contributed by atoms with Crippen molar-refractivity contribution >= 4 is 57.4 Å². The number of rotatable bonds is 1. The van der Waals surface area contributed by atoms with Crippen molar-refractivity contribution in [3.8, 4) is 0 Å². The largest absolute Gasteiger partial charge is 0.249 e. The number of benzene rings is 1. The van der Waals surface area contributed by atoms with Gasteiger partial charge in [-0.25, -0.2) is 20.0 Å². The van der Waals surface area contributed by atoms with Gasteiger partial charge in [0.15, 0.2) is 17.4 Å². The number of fused-ring (bicyclic) bond motifs is 4. The molecule has 0 saturated heterocycles. The highest BCUT2D eigenvalue weighted by Crippen LogP contribution is 2.29. The molecule has 6 rings (SSSR count). The van der Waals surface area contributed by atoms with Gasteiger partial charge in [-0.05, 0) is 84.5 Å². The van der Waals surface area contributed by atoms with E-state index in [0.717, 1.165) is 56.8 Å². The second-order valence-corrected chi connectivity index (χ2v) is 7.89. The monoisotopic (exact) mass is 448 g/mol. The third kappa shape index (κ3) is 4.07. The van der Waals surface area contributed by atoms with Gasteiger partial charge in [0.2, 0.25) is 0 Å². The summed E-state index contributed by atoms with van der Waals surface area (Å²) < 4.78 is 0. The van der Waals surface area contributed by atoms with E-state index in [9.17, 15) is 0 Å². The molecule has 5 aliphatic heterocycles. The first-order chi connectivity index (χ1) is 15.2. The summed E-state index contributed by atoms with van der Waals surface area (Å²) in [5, 5.41) is 0.706. The summed E-state index contributed by atoms with van der Waals surface area (Å²) in [5.74, 6) is 0. The highest BCUT2D eigenvalue weighted by molar-refractivity contribution is 6.33. The Labute approximate surface area is 201 Å². The van der Waals surface area contributed by atoms with E-state index < -0.39 is 0 Å². The van der Waals surface area contributed by atoms with Gasteiger partial charge in [-0.3, -0.25) is 0 Å². The van der Waals surface area contributed by atoms with E-state index in [-0.39, 0.29) is 17.4 Å². The van der Waals surface area contributed by atoms with E-state index >= 15 is 0 Å². The average molecular weight is 449 g/mol. The molecule has 0 N–H and O–H groups in total. The topological polar surface area (TPSA) is 49.4 Å². The van der Waals surface area contributed by atoms with Gasteiger partial charge in [-0.1, -0.05) is 23.7 Å². The maximum atomic E-state index is 6.09. The smallest absolute Gasteiger partial charge is 0.187 e. The molecule has 5 aliphatic rings. The molecule has 6 heteroatoms. The van der Waals surface area contributed by atoms with Crippen LogP contribution >= 0.6 is 11.6 Å². The normalized spacial score (nSPS) is 19.8. The van der Waals surface area contributed by atoms with Crippen molar-refractivity contribution in [1.82, 2.24) is 0 Å². The lowest BCUT2D eigenvalue weighted by Crippen LogP contribution is -1.96. The van der Waals surface area contributed by atoms with Crippen LogP contribution in [0.1, 0.15) is 5.56 Å². The van der Waals surface area contributed by atoms with Crippen LogP contribution < -0.4 is 0 Å². The zero-order valence-electron chi connectivity index (χ0n) is 16.3. The van der Waals surface area contributed by atoms with Crippen molar-refractivity contribution < 1.29 is 0 Å². The Balaban J connectivity index is 0.00000216. The molecule has 1 aromatic carbocycles. The fourth-order valence-corrected chi connectivity index (χ4v) is 3.88. The number of hydrogen-bond acceptors (Lipinski definition) is 4. The van der Waals surface area contributed by atoms with Crippen LogP contribution in [0.15, 0.2) is 134 Å². The highest BCUT2D eigenvalue weighted by Gasteiger charge is 2.18. The maximum Gasteiger partial charge on any atom is 0.187 e. The Kier molecular flexibility index (Phi) is 5.32. The van der Waals surface area contributed by atoms with Gasteiger partial charge in [0, 0.05) is 10.6 Å². The molecule has 8 bridgehead atoms. The number of halogens is 1. The van der Waals surface area contributed by atoms with Gasteiger partial charge in [-0.15, -0.1) is 0 Å². The van der Waals surface area contributed by atoms with Crippen LogP contribution in [0.4, 0.5) is 0 Å². The third-order valence-corrected chi connectivity index (χ3v) is 5.45. The number of aliphatic imine (C=N–C) groups is 4. The first kappa shape index (κ1) is 20.5. The van der Waals surface area contributed by atoms with Gasteiger partial charge in [0.1, 0.15) is 0 Å². The molecule has 0 fully saturated rings. The Morgan fingerprint density at radius 3 is 1.56 bits per heavy atom. The van der Waals surface area contributed by atoms with Crippen molar-refractivity contribution in [1.29, 1.82) is 0 Å². The SMILES string of the molecule is Clc1ccc(C2=CC3=CC4=NC(=CC5=NC(=CC6=NC(=CC2=N3)C=C6)C=C5)C=C4)cc1.[AlH3]. The zero-order chi connectivity index (χ0) is 20.8. The summed E-state index contributed by atoms with van der Waals surface area (Å²) >= 11 is 6.09. The maximum absolute atomic E-state index is 6.09. The molecule has 0 aromatic heterocycles. The van der Waals surface area contributed by atoms with Crippen LogP contribution in [0, 0.1) is 0 Å². The van der Waals surface area contributed by atoms with Gasteiger partial charge in [0.05, 0.1) is 45.6 Å². The minimum Gasteiger partial charge on any atom is -0.249 e. The fourth-order valence-electron chi connectivity index (χ4n) is 3.76. The standard InChI is InChI=1S/C26H15ClN4.Al.3H/c27-17-3-1-16(2-4-17)25-14-24-13-22-8-7-20(29-22)11-18-5-6-19(28-18)12-21-9-10-23(30-21)15-26(25)31-24;;;;/h1-15H;;;;. The van der Waals surface area contributed by atoms with Crippen LogP contribution in [-0.4, -0.2) is 40.2 Å². The fraction of sp³-hybridized carbons (Fsp3) is 0. The number of hydrogen-bond donors (Lipinski definition) is 0. The molecule has 0 unspecified atom stereocenters. The summed E-state index contributed by atoms with van der Waals surface area (Å²) in [4.78, 5) is 18.9. The summed E-state index contributed by atoms with van der Waals surface area (Å²) in [6.07, 6.45) is 22.0. The Bertz CT molecular complexity index is 1400. The number of allylic oxidation sites excluding steroid dienone is 12. The molecule has 0 spiro atoms. The summed E-state index contributed by atoms with van der Waals surface area (Å²) in [7, 11) is 0. The Hall–Kier alpha value is -3.36. The Morgan fingerprint density at radius 2 is 1.00 bits per heavy atom. The van der Waals surface area contributed by atoms with Crippen molar-refractivity contribution in [2.75, 3.05) is 0 Å². The first-order valence-corrected chi connectivity index (χ1v) is 10.3. The minimum absolute atomic E-state index is 0. The molecule has 32 heavy (non-hydrogen) atoms. The van der Waals surface area contributed by atoms with Crippen LogP contribution in [0.25, 0.3) is 5.57 Å². The molecule has 0 radical (unpaired) electrons. The summed E-state index contributed by atoms with van der Waals surface area (Å²) in [6, 6.07) is 7.80. The van der Waals surface area contributed by atoms with Crippen LogP contribution in [0.3, 0.4) is 0 Å². The lowest BCUT2D eigenvalue weighted by Gasteiger charge is -2.04. The van der Waals surface area contributed by atoms with Gasteiger partial charge in [0.25, 0.3) is 0 Å². The molecule has 0 atom stereocenters. The van der Waals surface area contributed by atoms with Crippen molar-refractivity contribution in [2.24, 2.45) is 20.0 Å². The molecular formula is C26H18AlClN4. The van der Waals surface area contributed by atoms with E-state index in [1.54, 1.807) is 0 Å². The minimum atomic E-state index is 0. The van der Waals surface area contributed by atoms with Gasteiger partial charge < -0.3 is 0 Å². The predicted molar refractivity (Wildman–Crippen MR) is 139 cm³/mol. The van der Waals surface area contributed by atoms with Crippen LogP contribution in [-0.2, 0) is 0 Å². The molecule has 4 nitrogen and oxygen atoms in total. The quantitative estimate of drug-likeness (QED) is 0.565.